The first kappa shape index (κ1) is 23.9. The van der Waals surface area contributed by atoms with E-state index in [1.807, 2.05) is 6.07 Å². The number of carboxylic acids is 1. The lowest BCUT2D eigenvalue weighted by molar-refractivity contribution is -0.141. The van der Waals surface area contributed by atoms with E-state index in [0.29, 0.717) is 34.8 Å². The van der Waals surface area contributed by atoms with Crippen molar-refractivity contribution in [1.29, 1.82) is 0 Å². The number of halogens is 3. The third-order valence-electron chi connectivity index (χ3n) is 5.72. The van der Waals surface area contributed by atoms with Gasteiger partial charge in [0, 0.05) is 23.6 Å². The van der Waals surface area contributed by atoms with Gasteiger partial charge in [-0.25, -0.2) is 9.97 Å². The zero-order valence-electron chi connectivity index (χ0n) is 18.3. The van der Waals surface area contributed by atoms with Gasteiger partial charge in [-0.1, -0.05) is 30.3 Å². The number of aromatic nitrogens is 2. The number of rotatable bonds is 7. The number of nitrogens with one attached hydrogen (secondary N) is 2. The van der Waals surface area contributed by atoms with E-state index in [1.165, 1.54) is 6.07 Å². The summed E-state index contributed by atoms with van der Waals surface area (Å²) in [5.74, 6) is -0.231. The highest BCUT2D eigenvalue weighted by Gasteiger charge is 2.35. The number of hydrogen-bond acceptors (Lipinski definition) is 6. The smallest absolute Gasteiger partial charge is 0.418 e. The van der Waals surface area contributed by atoms with Crippen molar-refractivity contribution >= 4 is 29.6 Å². The highest BCUT2D eigenvalue weighted by molar-refractivity contribution is 8.00. The number of hydrogen-bond donors (Lipinski definition) is 3. The fourth-order valence-electron chi connectivity index (χ4n) is 3.99. The molecule has 0 aliphatic heterocycles. The van der Waals surface area contributed by atoms with Gasteiger partial charge in [0.05, 0.1) is 17.2 Å². The quantitative estimate of drug-likeness (QED) is 0.339. The second-order valence-corrected chi connectivity index (χ2v) is 8.99. The normalized spacial score (nSPS) is 18.0. The third kappa shape index (κ3) is 5.61. The molecule has 3 N–H and O–H groups in total. The summed E-state index contributed by atoms with van der Waals surface area (Å²) >= 11 is 1.13. The van der Waals surface area contributed by atoms with Crippen LogP contribution in [0, 0.1) is 12.8 Å². The van der Waals surface area contributed by atoms with Crippen LogP contribution in [0.5, 0.6) is 0 Å². The number of alkyl halides is 3. The number of carbonyl (C=O) groups is 1. The molecular formula is C24H23F3N4O2S. The molecule has 34 heavy (non-hydrogen) atoms. The lowest BCUT2D eigenvalue weighted by Gasteiger charge is -2.16. The maximum atomic E-state index is 13.6. The molecule has 2 unspecified atom stereocenters. The van der Waals surface area contributed by atoms with Crippen LogP contribution in [0.3, 0.4) is 0 Å². The number of aliphatic carboxylic acids is 1. The molecule has 3 aromatic rings. The van der Waals surface area contributed by atoms with E-state index in [-0.39, 0.29) is 23.5 Å². The summed E-state index contributed by atoms with van der Waals surface area (Å²) in [6.45, 7) is 1.75. The van der Waals surface area contributed by atoms with Crippen LogP contribution in [0.1, 0.15) is 30.4 Å². The first-order valence-electron chi connectivity index (χ1n) is 10.7. The Morgan fingerprint density at radius 2 is 1.82 bits per heavy atom. The van der Waals surface area contributed by atoms with Gasteiger partial charge in [-0.15, -0.1) is 0 Å². The van der Waals surface area contributed by atoms with E-state index in [0.717, 1.165) is 24.4 Å². The lowest BCUT2D eigenvalue weighted by Crippen LogP contribution is -2.18. The second-order valence-electron chi connectivity index (χ2n) is 8.16. The Hall–Kier alpha value is -3.27. The summed E-state index contributed by atoms with van der Waals surface area (Å²) < 4.78 is 43.8. The van der Waals surface area contributed by atoms with E-state index >= 15 is 0 Å². The Morgan fingerprint density at radius 3 is 2.53 bits per heavy atom. The fourth-order valence-corrected chi connectivity index (χ4v) is 4.60. The number of carboxylic acid groups (broad SMARTS) is 1. The van der Waals surface area contributed by atoms with E-state index < -0.39 is 17.7 Å². The monoisotopic (exact) mass is 488 g/mol. The Bertz CT molecular complexity index is 1190. The minimum absolute atomic E-state index is 0.0371. The first-order chi connectivity index (χ1) is 16.2. The Balaban J connectivity index is 1.49. The maximum Gasteiger partial charge on any atom is 0.418 e. The molecule has 0 saturated heterocycles. The summed E-state index contributed by atoms with van der Waals surface area (Å²) in [5.41, 5.74) is 0.193. The van der Waals surface area contributed by atoms with Gasteiger partial charge in [0.1, 0.15) is 16.7 Å². The predicted octanol–water partition coefficient (Wildman–Crippen LogP) is 6.26. The molecule has 0 amide bonds. The topological polar surface area (TPSA) is 87.1 Å². The molecule has 0 bridgehead atoms. The van der Waals surface area contributed by atoms with Crippen LogP contribution in [-0.2, 0) is 11.0 Å². The van der Waals surface area contributed by atoms with Crippen molar-refractivity contribution in [2.45, 2.75) is 43.4 Å². The number of aryl methyl sites for hydroxylation is 1. The van der Waals surface area contributed by atoms with Crippen molar-refractivity contribution in [3.63, 3.8) is 0 Å². The zero-order chi connectivity index (χ0) is 24.3. The van der Waals surface area contributed by atoms with E-state index in [4.69, 9.17) is 5.11 Å². The van der Waals surface area contributed by atoms with Gasteiger partial charge in [0.15, 0.2) is 0 Å². The molecule has 10 heteroatoms. The lowest BCUT2D eigenvalue weighted by atomic mass is 10.0. The number of benzene rings is 1. The van der Waals surface area contributed by atoms with E-state index in [2.05, 4.69) is 20.0 Å². The van der Waals surface area contributed by atoms with Crippen LogP contribution in [0.4, 0.5) is 24.8 Å². The van der Waals surface area contributed by atoms with Crippen molar-refractivity contribution in [2.24, 2.45) is 5.92 Å². The molecule has 4 rings (SSSR count). The van der Waals surface area contributed by atoms with E-state index in [1.54, 1.807) is 43.3 Å². The minimum Gasteiger partial charge on any atom is -0.481 e. The highest BCUT2D eigenvalue weighted by atomic mass is 32.2. The average Bonchev–Trinajstić information content (AvgIpc) is 3.26. The molecule has 1 fully saturated rings. The van der Waals surface area contributed by atoms with Crippen LogP contribution in [0.25, 0.3) is 11.3 Å². The summed E-state index contributed by atoms with van der Waals surface area (Å²) in [6.07, 6.45) is -2.60. The molecule has 1 aliphatic rings. The molecule has 1 saturated carbocycles. The van der Waals surface area contributed by atoms with Crippen LogP contribution < -0.4 is 10.0 Å². The summed E-state index contributed by atoms with van der Waals surface area (Å²) in [5, 5.41) is 13.0. The minimum atomic E-state index is -4.53. The van der Waals surface area contributed by atoms with E-state index in [9.17, 15) is 18.0 Å². The SMILES string of the molecule is Cc1ccccc1-c1nc(NSc2cccc(NC3CCC(C(=O)O)C3)n2)ccc1C(F)(F)F. The Labute approximate surface area is 199 Å². The van der Waals surface area contributed by atoms with Gasteiger partial charge in [0.25, 0.3) is 0 Å². The number of pyridine rings is 2. The van der Waals surface area contributed by atoms with Gasteiger partial charge in [-0.2, -0.15) is 13.2 Å². The van der Waals surface area contributed by atoms with Crippen LogP contribution in [-0.4, -0.2) is 27.1 Å². The molecule has 6 nitrogen and oxygen atoms in total. The van der Waals surface area contributed by atoms with Crippen LogP contribution in [0.2, 0.25) is 0 Å². The molecule has 2 atom stereocenters. The Kier molecular flexibility index (Phi) is 6.97. The molecule has 178 valence electrons. The van der Waals surface area contributed by atoms with Gasteiger partial charge >= 0.3 is 12.1 Å². The van der Waals surface area contributed by atoms with Crippen LogP contribution in [0.15, 0.2) is 59.6 Å². The summed E-state index contributed by atoms with van der Waals surface area (Å²) in [6, 6.07) is 14.6. The summed E-state index contributed by atoms with van der Waals surface area (Å²) in [4.78, 5) is 19.9. The van der Waals surface area contributed by atoms with Gasteiger partial charge < -0.3 is 15.1 Å². The fraction of sp³-hybridized carbons (Fsp3) is 0.292. The second kappa shape index (κ2) is 9.92. The largest absolute Gasteiger partial charge is 0.481 e. The maximum absolute atomic E-state index is 13.6. The standard InChI is InChI=1S/C24H23F3N4O2S/c1-14-5-2-3-6-17(14)22-18(24(25,26)27)11-12-20(30-22)31-34-21-8-4-7-19(29-21)28-16-10-9-15(13-16)23(32)33/h2-8,11-12,15-16H,9-10,13H2,1H3,(H,28,29)(H,30,31)(H,32,33). The molecule has 0 spiro atoms. The third-order valence-corrected chi connectivity index (χ3v) is 6.47. The molecule has 2 heterocycles. The molecule has 0 radical (unpaired) electrons. The zero-order valence-corrected chi connectivity index (χ0v) is 19.1. The number of nitrogens with zero attached hydrogens (tertiary/aromatic N) is 2. The summed E-state index contributed by atoms with van der Waals surface area (Å²) in [7, 11) is 0. The van der Waals surface area contributed by atoms with Crippen molar-refractivity contribution in [3.05, 3.63) is 65.7 Å². The molecular weight excluding hydrogens is 465 g/mol. The average molecular weight is 489 g/mol. The predicted molar refractivity (Wildman–Crippen MR) is 126 cm³/mol. The Morgan fingerprint density at radius 1 is 1.03 bits per heavy atom. The van der Waals surface area contributed by atoms with Crippen molar-refractivity contribution < 1.29 is 23.1 Å². The van der Waals surface area contributed by atoms with Crippen molar-refractivity contribution in [2.75, 3.05) is 10.0 Å². The highest BCUT2D eigenvalue weighted by Crippen LogP contribution is 2.38. The van der Waals surface area contributed by atoms with Gasteiger partial charge in [-0.05, 0) is 56.0 Å². The molecule has 1 aromatic carbocycles. The van der Waals surface area contributed by atoms with Crippen LogP contribution >= 0.6 is 11.9 Å². The first-order valence-corrected chi connectivity index (χ1v) is 11.6. The van der Waals surface area contributed by atoms with Gasteiger partial charge in [-0.3, -0.25) is 4.79 Å². The molecule has 2 aromatic heterocycles. The van der Waals surface area contributed by atoms with Gasteiger partial charge in [0.2, 0.25) is 0 Å². The number of anilines is 2. The molecule has 1 aliphatic carbocycles. The van der Waals surface area contributed by atoms with Crippen molar-refractivity contribution in [1.82, 2.24) is 9.97 Å². The van der Waals surface area contributed by atoms with Crippen molar-refractivity contribution in [3.8, 4) is 11.3 Å².